The van der Waals surface area contributed by atoms with Crippen molar-refractivity contribution in [2.75, 3.05) is 20.1 Å². The van der Waals surface area contributed by atoms with Crippen LogP contribution in [0.2, 0.25) is 0 Å². The Morgan fingerprint density at radius 1 is 1.42 bits per heavy atom. The van der Waals surface area contributed by atoms with Gasteiger partial charge in [-0.25, -0.2) is 0 Å². The average Bonchev–Trinajstić information content (AvgIpc) is 2.04. The van der Waals surface area contributed by atoms with E-state index in [1.54, 1.807) is 0 Å². The summed E-state index contributed by atoms with van der Waals surface area (Å²) in [6.45, 7) is 5.04. The van der Waals surface area contributed by atoms with E-state index < -0.39 is 0 Å². The third-order valence-electron chi connectivity index (χ3n) is 3.48. The molecule has 2 heterocycles. The zero-order valence-electron chi connectivity index (χ0n) is 8.21. The van der Waals surface area contributed by atoms with Gasteiger partial charge in [-0.2, -0.15) is 0 Å². The van der Waals surface area contributed by atoms with Crippen LogP contribution in [0, 0.1) is 11.8 Å². The summed E-state index contributed by atoms with van der Waals surface area (Å²) in [7, 11) is 2.09. The molecule has 2 aliphatic rings. The van der Waals surface area contributed by atoms with Gasteiger partial charge < -0.3 is 5.32 Å². The fourth-order valence-electron chi connectivity index (χ4n) is 3.02. The summed E-state index contributed by atoms with van der Waals surface area (Å²) in [5.74, 6) is 1.84. The maximum atomic E-state index is 3.44. The Labute approximate surface area is 75.3 Å². The molecule has 0 aromatic carbocycles. The molecule has 2 aliphatic heterocycles. The second-order valence-corrected chi connectivity index (χ2v) is 4.45. The van der Waals surface area contributed by atoms with E-state index in [-0.39, 0.29) is 0 Å². The molecule has 4 atom stereocenters. The molecule has 0 spiro atoms. The van der Waals surface area contributed by atoms with E-state index in [9.17, 15) is 0 Å². The maximum absolute atomic E-state index is 3.44. The van der Waals surface area contributed by atoms with Gasteiger partial charge in [-0.05, 0) is 44.7 Å². The van der Waals surface area contributed by atoms with E-state index in [4.69, 9.17) is 0 Å². The van der Waals surface area contributed by atoms with Gasteiger partial charge in [0.15, 0.2) is 0 Å². The molecule has 1 N–H and O–H groups in total. The third-order valence-corrected chi connectivity index (χ3v) is 3.48. The van der Waals surface area contributed by atoms with Gasteiger partial charge in [0.25, 0.3) is 0 Å². The molecule has 0 amide bonds. The molecule has 2 saturated heterocycles. The van der Waals surface area contributed by atoms with Crippen molar-refractivity contribution in [2.45, 2.75) is 32.4 Å². The summed E-state index contributed by atoms with van der Waals surface area (Å²) in [5.41, 5.74) is 0. The molecule has 2 fully saturated rings. The highest BCUT2D eigenvalue weighted by molar-refractivity contribution is 4.87. The van der Waals surface area contributed by atoms with E-state index in [2.05, 4.69) is 24.2 Å². The van der Waals surface area contributed by atoms with Crippen molar-refractivity contribution < 1.29 is 0 Å². The predicted octanol–water partition coefficient (Wildman–Crippen LogP) is 1.28. The Balaban J connectivity index is 2.05. The summed E-state index contributed by atoms with van der Waals surface area (Å²) in [6.07, 6.45) is 4.97. The van der Waals surface area contributed by atoms with Crippen molar-refractivity contribution in [3.8, 4) is 0 Å². The number of nitrogens with zero attached hydrogens (tertiary/aromatic N) is 1. The molecule has 12 heavy (non-hydrogen) atoms. The average molecular weight is 168 g/mol. The Kier molecular flexibility index (Phi) is 2.37. The highest BCUT2D eigenvalue weighted by Gasteiger charge is 2.34. The number of fused-ring (bicyclic) bond motifs is 2. The monoisotopic (exact) mass is 168 g/mol. The van der Waals surface area contributed by atoms with Crippen LogP contribution in [0.5, 0.6) is 0 Å². The standard InChI is InChI=1S/C10H20N2/c1-8-6-9-4-3-5-12(7-9)10(8)11-2/h8-11H,3-7H2,1-2H3. The van der Waals surface area contributed by atoms with Crippen LogP contribution in [0.3, 0.4) is 0 Å². The van der Waals surface area contributed by atoms with E-state index in [0.717, 1.165) is 11.8 Å². The van der Waals surface area contributed by atoms with Crippen LogP contribution in [-0.2, 0) is 0 Å². The van der Waals surface area contributed by atoms with Crippen LogP contribution in [0.1, 0.15) is 26.2 Å². The fraction of sp³-hybridized carbons (Fsp3) is 1.00. The minimum Gasteiger partial charge on any atom is -0.305 e. The summed E-state index contributed by atoms with van der Waals surface area (Å²) in [4.78, 5) is 2.63. The molecule has 0 aromatic heterocycles. The minimum absolute atomic E-state index is 0.654. The molecule has 0 saturated carbocycles. The molecule has 0 radical (unpaired) electrons. The largest absolute Gasteiger partial charge is 0.305 e. The number of nitrogens with one attached hydrogen (secondary N) is 1. The van der Waals surface area contributed by atoms with Crippen LogP contribution in [0.4, 0.5) is 0 Å². The first-order chi connectivity index (χ1) is 5.81. The van der Waals surface area contributed by atoms with Gasteiger partial charge in [-0.1, -0.05) is 6.92 Å². The molecule has 0 aromatic rings. The van der Waals surface area contributed by atoms with E-state index in [1.807, 2.05) is 0 Å². The zero-order chi connectivity index (χ0) is 8.55. The molecular formula is C10H20N2. The molecule has 2 heteroatoms. The molecule has 2 bridgehead atoms. The van der Waals surface area contributed by atoms with Crippen LogP contribution in [-0.4, -0.2) is 31.2 Å². The van der Waals surface area contributed by atoms with Crippen LogP contribution >= 0.6 is 0 Å². The minimum atomic E-state index is 0.654. The Bertz CT molecular complexity index is 156. The lowest BCUT2D eigenvalue weighted by Crippen LogP contribution is -2.56. The van der Waals surface area contributed by atoms with Crippen LogP contribution in [0.25, 0.3) is 0 Å². The fourth-order valence-corrected chi connectivity index (χ4v) is 3.02. The topological polar surface area (TPSA) is 15.3 Å². The number of piperidine rings is 2. The quantitative estimate of drug-likeness (QED) is 0.634. The lowest BCUT2D eigenvalue weighted by atomic mass is 9.82. The molecular weight excluding hydrogens is 148 g/mol. The van der Waals surface area contributed by atoms with Gasteiger partial charge in [0.2, 0.25) is 0 Å². The third kappa shape index (κ3) is 1.38. The van der Waals surface area contributed by atoms with Crippen molar-refractivity contribution >= 4 is 0 Å². The zero-order valence-corrected chi connectivity index (χ0v) is 8.21. The summed E-state index contributed by atoms with van der Waals surface area (Å²) < 4.78 is 0. The second-order valence-electron chi connectivity index (χ2n) is 4.45. The SMILES string of the molecule is CNC1C(C)CC2CCCN1C2. The Hall–Kier alpha value is -0.0800. The molecule has 4 unspecified atom stereocenters. The normalized spacial score (nSPS) is 47.5. The van der Waals surface area contributed by atoms with Gasteiger partial charge in [0.1, 0.15) is 0 Å². The Morgan fingerprint density at radius 3 is 3.00 bits per heavy atom. The lowest BCUT2D eigenvalue weighted by molar-refractivity contribution is 0.0154. The first-order valence-corrected chi connectivity index (χ1v) is 5.22. The first-order valence-electron chi connectivity index (χ1n) is 5.22. The number of hydrogen-bond acceptors (Lipinski definition) is 2. The predicted molar refractivity (Wildman–Crippen MR) is 50.9 cm³/mol. The van der Waals surface area contributed by atoms with Crippen molar-refractivity contribution in [2.24, 2.45) is 11.8 Å². The first kappa shape index (κ1) is 8.52. The van der Waals surface area contributed by atoms with Crippen molar-refractivity contribution in [1.82, 2.24) is 10.2 Å². The highest BCUT2D eigenvalue weighted by atomic mass is 15.3. The van der Waals surface area contributed by atoms with Crippen molar-refractivity contribution in [3.05, 3.63) is 0 Å². The molecule has 70 valence electrons. The van der Waals surface area contributed by atoms with Gasteiger partial charge in [-0.3, -0.25) is 4.90 Å². The number of hydrogen-bond donors (Lipinski definition) is 1. The van der Waals surface area contributed by atoms with Gasteiger partial charge in [0, 0.05) is 6.54 Å². The molecule has 0 aliphatic carbocycles. The van der Waals surface area contributed by atoms with Crippen molar-refractivity contribution in [1.29, 1.82) is 0 Å². The summed E-state index contributed by atoms with van der Waals surface area (Å²) >= 11 is 0. The lowest BCUT2D eigenvalue weighted by Gasteiger charge is -2.46. The smallest absolute Gasteiger partial charge is 0.0621 e. The van der Waals surface area contributed by atoms with E-state index >= 15 is 0 Å². The summed E-state index contributed by atoms with van der Waals surface area (Å²) in [6, 6.07) is 0. The van der Waals surface area contributed by atoms with Crippen molar-refractivity contribution in [3.63, 3.8) is 0 Å². The highest BCUT2D eigenvalue weighted by Crippen LogP contribution is 2.32. The molecule has 2 rings (SSSR count). The Morgan fingerprint density at radius 2 is 2.25 bits per heavy atom. The summed E-state index contributed by atoms with van der Waals surface area (Å²) in [5, 5.41) is 3.44. The van der Waals surface area contributed by atoms with Gasteiger partial charge >= 0.3 is 0 Å². The number of rotatable bonds is 1. The van der Waals surface area contributed by atoms with E-state index in [0.29, 0.717) is 6.17 Å². The van der Waals surface area contributed by atoms with Crippen LogP contribution in [0.15, 0.2) is 0 Å². The maximum Gasteiger partial charge on any atom is 0.0621 e. The van der Waals surface area contributed by atoms with E-state index in [1.165, 1.54) is 32.4 Å². The van der Waals surface area contributed by atoms with Crippen LogP contribution < -0.4 is 5.32 Å². The van der Waals surface area contributed by atoms with Gasteiger partial charge in [-0.15, -0.1) is 0 Å². The van der Waals surface area contributed by atoms with Gasteiger partial charge in [0.05, 0.1) is 6.17 Å². The molecule has 2 nitrogen and oxygen atoms in total. The second kappa shape index (κ2) is 3.35.